The van der Waals surface area contributed by atoms with Crippen molar-refractivity contribution in [3.8, 4) is 0 Å². The normalized spacial score (nSPS) is 16.4. The number of ketones is 1. The summed E-state index contributed by atoms with van der Waals surface area (Å²) in [5.41, 5.74) is 2.04. The van der Waals surface area contributed by atoms with Crippen LogP contribution in [0.2, 0.25) is 5.02 Å². The summed E-state index contributed by atoms with van der Waals surface area (Å²) >= 11 is 11.7. The zero-order valence-corrected chi connectivity index (χ0v) is 16.1. The molecule has 0 saturated carbocycles. The highest BCUT2D eigenvalue weighted by Gasteiger charge is 2.36. The summed E-state index contributed by atoms with van der Waals surface area (Å²) in [6.07, 6.45) is 0. The third-order valence-corrected chi connectivity index (χ3v) is 4.62. The SMILES string of the molecule is CCOC(=O)C(=O)C1=C(c2ccccc2)NC(=S)N[C@@H]1c1ccccc1Cl. The lowest BCUT2D eigenvalue weighted by Gasteiger charge is -2.31. The van der Waals surface area contributed by atoms with Gasteiger partial charge in [0.05, 0.1) is 23.9 Å². The van der Waals surface area contributed by atoms with Crippen molar-refractivity contribution in [3.63, 3.8) is 0 Å². The van der Waals surface area contributed by atoms with Gasteiger partial charge in [-0.05, 0) is 36.3 Å². The van der Waals surface area contributed by atoms with Gasteiger partial charge in [0.1, 0.15) is 0 Å². The maximum Gasteiger partial charge on any atom is 0.379 e. The lowest BCUT2D eigenvalue weighted by atomic mass is 9.90. The summed E-state index contributed by atoms with van der Waals surface area (Å²) < 4.78 is 4.94. The molecule has 5 nitrogen and oxygen atoms in total. The number of halogens is 1. The molecule has 0 saturated heterocycles. The predicted octanol–water partition coefficient (Wildman–Crippen LogP) is 3.40. The van der Waals surface area contributed by atoms with Gasteiger partial charge in [-0.3, -0.25) is 4.79 Å². The van der Waals surface area contributed by atoms with Gasteiger partial charge < -0.3 is 15.4 Å². The number of esters is 1. The number of rotatable bonds is 5. The Kier molecular flexibility index (Phi) is 5.88. The van der Waals surface area contributed by atoms with E-state index in [9.17, 15) is 9.59 Å². The Bertz CT molecular complexity index is 928. The second-order valence-electron chi connectivity index (χ2n) is 5.76. The number of hydrogen-bond acceptors (Lipinski definition) is 4. The van der Waals surface area contributed by atoms with E-state index in [1.165, 1.54) is 0 Å². The van der Waals surface area contributed by atoms with E-state index in [1.807, 2.05) is 36.4 Å². The Hall–Kier alpha value is -2.70. The summed E-state index contributed by atoms with van der Waals surface area (Å²) in [4.78, 5) is 25.2. The highest BCUT2D eigenvalue weighted by Crippen LogP contribution is 2.35. The van der Waals surface area contributed by atoms with Crippen molar-refractivity contribution in [3.05, 3.63) is 76.3 Å². The van der Waals surface area contributed by atoms with Crippen LogP contribution < -0.4 is 10.6 Å². The van der Waals surface area contributed by atoms with Crippen molar-refractivity contribution >= 4 is 46.4 Å². The van der Waals surface area contributed by atoms with Crippen LogP contribution in [0.25, 0.3) is 5.70 Å². The van der Waals surface area contributed by atoms with Crippen LogP contribution in [0.5, 0.6) is 0 Å². The number of thiocarbonyl (C=S) groups is 1. The Morgan fingerprint density at radius 3 is 2.44 bits per heavy atom. The van der Waals surface area contributed by atoms with Crippen molar-refractivity contribution in [2.45, 2.75) is 13.0 Å². The van der Waals surface area contributed by atoms with Crippen LogP contribution >= 0.6 is 23.8 Å². The Morgan fingerprint density at radius 2 is 1.78 bits per heavy atom. The van der Waals surface area contributed by atoms with Crippen molar-refractivity contribution < 1.29 is 14.3 Å². The fraction of sp³-hybridized carbons (Fsp3) is 0.150. The largest absolute Gasteiger partial charge is 0.460 e. The van der Waals surface area contributed by atoms with E-state index in [0.29, 0.717) is 21.4 Å². The van der Waals surface area contributed by atoms with Crippen LogP contribution in [0.1, 0.15) is 24.1 Å². The average molecular weight is 401 g/mol. The molecular formula is C20H17ClN2O3S. The second kappa shape index (κ2) is 8.33. The molecule has 138 valence electrons. The summed E-state index contributed by atoms with van der Waals surface area (Å²) in [6.45, 7) is 1.75. The van der Waals surface area contributed by atoms with Crippen LogP contribution in [0, 0.1) is 0 Å². The van der Waals surface area contributed by atoms with Crippen LogP contribution in [0.3, 0.4) is 0 Å². The van der Waals surface area contributed by atoms with Crippen molar-refractivity contribution in [1.29, 1.82) is 0 Å². The molecule has 0 amide bonds. The molecule has 0 fully saturated rings. The summed E-state index contributed by atoms with van der Waals surface area (Å²) in [5.74, 6) is -1.67. The number of carbonyl (C=O) groups is 2. The average Bonchev–Trinajstić information content (AvgIpc) is 2.68. The quantitative estimate of drug-likeness (QED) is 0.455. The fourth-order valence-corrected chi connectivity index (χ4v) is 3.36. The van der Waals surface area contributed by atoms with E-state index < -0.39 is 17.8 Å². The maximum absolute atomic E-state index is 13.0. The van der Waals surface area contributed by atoms with Crippen LogP contribution in [-0.2, 0) is 14.3 Å². The molecule has 0 bridgehead atoms. The topological polar surface area (TPSA) is 67.4 Å². The first-order valence-electron chi connectivity index (χ1n) is 8.36. The van der Waals surface area contributed by atoms with E-state index in [4.69, 9.17) is 28.6 Å². The number of nitrogens with one attached hydrogen (secondary N) is 2. The Balaban J connectivity index is 2.22. The molecule has 0 radical (unpaired) electrons. The lowest BCUT2D eigenvalue weighted by molar-refractivity contribution is -0.151. The first-order valence-corrected chi connectivity index (χ1v) is 9.14. The molecule has 0 aromatic heterocycles. The van der Waals surface area contributed by atoms with Gasteiger partial charge in [-0.1, -0.05) is 60.1 Å². The van der Waals surface area contributed by atoms with Crippen LogP contribution in [0.15, 0.2) is 60.2 Å². The molecule has 2 aromatic rings. The number of benzene rings is 2. The second-order valence-corrected chi connectivity index (χ2v) is 6.57. The molecule has 0 unspecified atom stereocenters. The molecular weight excluding hydrogens is 384 g/mol. The van der Waals surface area contributed by atoms with E-state index in [2.05, 4.69) is 10.6 Å². The van der Waals surface area contributed by atoms with E-state index in [0.717, 1.165) is 5.56 Å². The lowest BCUT2D eigenvalue weighted by Crippen LogP contribution is -2.46. The highest BCUT2D eigenvalue weighted by molar-refractivity contribution is 7.80. The van der Waals surface area contributed by atoms with Gasteiger partial charge in [-0.15, -0.1) is 0 Å². The number of Topliss-reactive ketones (excluding diaryl/α,β-unsaturated/α-hetero) is 1. The van der Waals surface area contributed by atoms with E-state index in [1.54, 1.807) is 25.1 Å². The van der Waals surface area contributed by atoms with Gasteiger partial charge in [-0.25, -0.2) is 4.79 Å². The van der Waals surface area contributed by atoms with Gasteiger partial charge >= 0.3 is 5.97 Å². The third kappa shape index (κ3) is 4.02. The molecule has 1 heterocycles. The van der Waals surface area contributed by atoms with Gasteiger partial charge in [0.15, 0.2) is 5.11 Å². The zero-order valence-electron chi connectivity index (χ0n) is 14.5. The highest BCUT2D eigenvalue weighted by atomic mass is 35.5. The minimum Gasteiger partial charge on any atom is -0.460 e. The standard InChI is InChI=1S/C20H17ClN2O3S/c1-2-26-19(25)18(24)15-16(12-8-4-3-5-9-12)22-20(27)23-17(15)13-10-6-7-11-14(13)21/h3-11,17H,2H2,1H3,(H2,22,23,27)/t17-/m1/s1. The van der Waals surface area contributed by atoms with Crippen LogP contribution in [0.4, 0.5) is 0 Å². The number of ether oxygens (including phenoxy) is 1. The van der Waals surface area contributed by atoms with Gasteiger partial charge in [0, 0.05) is 5.02 Å². The molecule has 0 aliphatic carbocycles. The molecule has 1 aliphatic heterocycles. The molecule has 2 aromatic carbocycles. The molecule has 27 heavy (non-hydrogen) atoms. The molecule has 0 spiro atoms. The van der Waals surface area contributed by atoms with Crippen molar-refractivity contribution in [2.75, 3.05) is 6.61 Å². The van der Waals surface area contributed by atoms with Gasteiger partial charge in [0.2, 0.25) is 0 Å². The van der Waals surface area contributed by atoms with E-state index in [-0.39, 0.29) is 12.2 Å². The number of carbonyl (C=O) groups excluding carboxylic acids is 2. The third-order valence-electron chi connectivity index (χ3n) is 4.06. The molecule has 1 aliphatic rings. The van der Waals surface area contributed by atoms with Gasteiger partial charge in [0.25, 0.3) is 5.78 Å². The molecule has 2 N–H and O–H groups in total. The fourth-order valence-electron chi connectivity index (χ4n) is 2.89. The summed E-state index contributed by atoms with van der Waals surface area (Å²) in [6, 6.07) is 15.6. The molecule has 7 heteroatoms. The van der Waals surface area contributed by atoms with Crippen LogP contribution in [-0.4, -0.2) is 23.5 Å². The van der Waals surface area contributed by atoms with E-state index >= 15 is 0 Å². The van der Waals surface area contributed by atoms with Crippen molar-refractivity contribution in [1.82, 2.24) is 10.6 Å². The first-order chi connectivity index (χ1) is 13.0. The smallest absolute Gasteiger partial charge is 0.379 e. The summed E-state index contributed by atoms with van der Waals surface area (Å²) in [7, 11) is 0. The first kappa shape index (κ1) is 19.1. The van der Waals surface area contributed by atoms with Crippen molar-refractivity contribution in [2.24, 2.45) is 0 Å². The minimum atomic E-state index is -0.922. The monoisotopic (exact) mass is 400 g/mol. The zero-order chi connectivity index (χ0) is 19.4. The predicted molar refractivity (Wildman–Crippen MR) is 108 cm³/mol. The Labute approximate surface area is 167 Å². The maximum atomic E-state index is 13.0. The number of hydrogen-bond donors (Lipinski definition) is 2. The minimum absolute atomic E-state index is 0.106. The molecule has 1 atom stereocenters. The molecule has 3 rings (SSSR count). The Morgan fingerprint density at radius 1 is 1.11 bits per heavy atom. The summed E-state index contributed by atoms with van der Waals surface area (Å²) in [5, 5.41) is 6.85. The van der Waals surface area contributed by atoms with Gasteiger partial charge in [-0.2, -0.15) is 0 Å².